The van der Waals surface area contributed by atoms with E-state index >= 15 is 0 Å². The lowest BCUT2D eigenvalue weighted by Crippen LogP contribution is -2.17. The van der Waals surface area contributed by atoms with Crippen molar-refractivity contribution in [3.8, 4) is 11.8 Å². The van der Waals surface area contributed by atoms with E-state index in [9.17, 15) is 5.26 Å². The lowest BCUT2D eigenvalue weighted by Gasteiger charge is -2.29. The van der Waals surface area contributed by atoms with Crippen molar-refractivity contribution in [2.24, 2.45) is 17.8 Å². The molecule has 0 bridgehead atoms. The van der Waals surface area contributed by atoms with Crippen LogP contribution in [0.3, 0.4) is 0 Å². The second kappa shape index (κ2) is 11.1. The van der Waals surface area contributed by atoms with Crippen molar-refractivity contribution in [2.75, 3.05) is 6.61 Å². The summed E-state index contributed by atoms with van der Waals surface area (Å²) in [5.74, 6) is 2.69. The summed E-state index contributed by atoms with van der Waals surface area (Å²) in [6, 6.07) is 12.3. The van der Waals surface area contributed by atoms with E-state index in [1.165, 1.54) is 57.8 Å². The Morgan fingerprint density at radius 2 is 1.71 bits per heavy atom. The Hall–Kier alpha value is -1.49. The Balaban J connectivity index is 1.61. The molecule has 1 atom stereocenters. The van der Waals surface area contributed by atoms with E-state index < -0.39 is 0 Å². The van der Waals surface area contributed by atoms with E-state index in [1.807, 2.05) is 30.3 Å². The summed E-state index contributed by atoms with van der Waals surface area (Å²) in [6.07, 6.45) is 13.3. The normalized spacial score (nSPS) is 21.8. The molecule has 0 saturated heterocycles. The van der Waals surface area contributed by atoms with Crippen LogP contribution in [-0.2, 0) is 0 Å². The number of benzene rings is 1. The largest absolute Gasteiger partial charge is 0.492 e. The molecular formula is C22H33NO. The first-order valence-corrected chi connectivity index (χ1v) is 9.89. The Labute approximate surface area is 148 Å². The Morgan fingerprint density at radius 1 is 1.04 bits per heavy atom. The van der Waals surface area contributed by atoms with Crippen LogP contribution in [0.25, 0.3) is 0 Å². The fourth-order valence-electron chi connectivity index (χ4n) is 3.83. The molecule has 1 aliphatic rings. The first kappa shape index (κ1) is 18.8. The Bertz CT molecular complexity index is 470. The number of hydrogen-bond donors (Lipinski definition) is 0. The fraction of sp³-hybridized carbons (Fsp3) is 0.682. The van der Waals surface area contributed by atoms with Gasteiger partial charge in [0.2, 0.25) is 0 Å². The number of ether oxygens (including phenoxy) is 1. The van der Waals surface area contributed by atoms with Crippen LogP contribution < -0.4 is 4.74 Å². The van der Waals surface area contributed by atoms with Crippen LogP contribution in [0.15, 0.2) is 30.3 Å². The van der Waals surface area contributed by atoms with E-state index in [0.717, 1.165) is 24.0 Å². The second-order valence-electron chi connectivity index (χ2n) is 7.41. The van der Waals surface area contributed by atoms with Crippen LogP contribution in [0, 0.1) is 29.1 Å². The summed E-state index contributed by atoms with van der Waals surface area (Å²) in [5, 5.41) is 9.37. The van der Waals surface area contributed by atoms with Gasteiger partial charge in [-0.15, -0.1) is 0 Å². The van der Waals surface area contributed by atoms with Crippen LogP contribution in [0.5, 0.6) is 5.75 Å². The number of unbranched alkanes of at least 4 members (excludes halogenated alkanes) is 2. The molecule has 2 rings (SSSR count). The van der Waals surface area contributed by atoms with E-state index in [0.29, 0.717) is 6.61 Å². The molecule has 1 aliphatic carbocycles. The van der Waals surface area contributed by atoms with Crippen LogP contribution in [0.4, 0.5) is 0 Å². The van der Waals surface area contributed by atoms with E-state index in [-0.39, 0.29) is 5.92 Å². The van der Waals surface area contributed by atoms with Crippen LogP contribution in [0.1, 0.15) is 71.1 Å². The maximum Gasteiger partial charge on any atom is 0.119 e. The second-order valence-corrected chi connectivity index (χ2v) is 7.41. The average molecular weight is 328 g/mol. The third-order valence-corrected chi connectivity index (χ3v) is 5.48. The van der Waals surface area contributed by atoms with Gasteiger partial charge in [-0.2, -0.15) is 5.26 Å². The first-order valence-electron chi connectivity index (χ1n) is 9.89. The van der Waals surface area contributed by atoms with Crippen molar-refractivity contribution < 1.29 is 4.74 Å². The minimum absolute atomic E-state index is 0.0208. The molecule has 0 aromatic heterocycles. The zero-order chi connectivity index (χ0) is 17.0. The number of rotatable bonds is 10. The van der Waals surface area contributed by atoms with Gasteiger partial charge in [0.1, 0.15) is 12.4 Å². The average Bonchev–Trinajstić information content (AvgIpc) is 2.64. The van der Waals surface area contributed by atoms with Gasteiger partial charge in [0, 0.05) is 0 Å². The molecule has 1 aromatic carbocycles. The van der Waals surface area contributed by atoms with Gasteiger partial charge in [-0.1, -0.05) is 76.5 Å². The zero-order valence-electron chi connectivity index (χ0n) is 15.3. The molecule has 24 heavy (non-hydrogen) atoms. The highest BCUT2D eigenvalue weighted by atomic mass is 16.5. The van der Waals surface area contributed by atoms with Gasteiger partial charge >= 0.3 is 0 Å². The third kappa shape index (κ3) is 6.95. The highest BCUT2D eigenvalue weighted by Crippen LogP contribution is 2.34. The van der Waals surface area contributed by atoms with Gasteiger partial charge in [-0.05, 0) is 36.8 Å². The minimum atomic E-state index is 0.0208. The van der Waals surface area contributed by atoms with Gasteiger partial charge in [0.25, 0.3) is 0 Å². The molecule has 0 amide bonds. The maximum absolute atomic E-state index is 9.37. The van der Waals surface area contributed by atoms with Crippen molar-refractivity contribution in [3.63, 3.8) is 0 Å². The molecule has 2 heteroatoms. The fourth-order valence-corrected chi connectivity index (χ4v) is 3.83. The summed E-state index contributed by atoms with van der Waals surface area (Å²) in [5.41, 5.74) is 0. The maximum atomic E-state index is 9.37. The summed E-state index contributed by atoms with van der Waals surface area (Å²) >= 11 is 0. The number of nitrogens with zero attached hydrogens (tertiary/aromatic N) is 1. The molecule has 1 aromatic rings. The monoisotopic (exact) mass is 327 g/mol. The minimum Gasteiger partial charge on any atom is -0.492 e. The summed E-state index contributed by atoms with van der Waals surface area (Å²) < 4.78 is 5.75. The van der Waals surface area contributed by atoms with Crippen LogP contribution in [0.2, 0.25) is 0 Å². The lowest BCUT2D eigenvalue weighted by atomic mass is 9.77. The van der Waals surface area contributed by atoms with Crippen molar-refractivity contribution in [2.45, 2.75) is 71.1 Å². The predicted octanol–water partition coefficient (Wildman–Crippen LogP) is 6.37. The molecule has 0 heterocycles. The van der Waals surface area contributed by atoms with Crippen LogP contribution in [-0.4, -0.2) is 6.61 Å². The number of nitriles is 1. The topological polar surface area (TPSA) is 33.0 Å². The van der Waals surface area contributed by atoms with Gasteiger partial charge < -0.3 is 4.74 Å². The van der Waals surface area contributed by atoms with E-state index in [1.54, 1.807) is 0 Å². The quantitative estimate of drug-likeness (QED) is 0.468. The summed E-state index contributed by atoms with van der Waals surface area (Å²) in [6.45, 7) is 2.80. The molecule has 1 unspecified atom stereocenters. The van der Waals surface area contributed by atoms with Crippen LogP contribution >= 0.6 is 0 Å². The number of para-hydroxylation sites is 1. The Morgan fingerprint density at radius 3 is 2.33 bits per heavy atom. The molecule has 1 saturated carbocycles. The van der Waals surface area contributed by atoms with Gasteiger partial charge in [-0.25, -0.2) is 0 Å². The zero-order valence-corrected chi connectivity index (χ0v) is 15.3. The lowest BCUT2D eigenvalue weighted by molar-refractivity contribution is 0.223. The molecular weight excluding hydrogens is 294 g/mol. The highest BCUT2D eigenvalue weighted by molar-refractivity contribution is 5.21. The molecule has 2 nitrogen and oxygen atoms in total. The SMILES string of the molecule is CCCCCC1CCC(CCC(C#N)COc2ccccc2)CC1. The van der Waals surface area contributed by atoms with Crippen molar-refractivity contribution in [1.29, 1.82) is 5.26 Å². The summed E-state index contributed by atoms with van der Waals surface area (Å²) in [4.78, 5) is 0. The summed E-state index contributed by atoms with van der Waals surface area (Å²) in [7, 11) is 0. The molecule has 0 spiro atoms. The van der Waals surface area contributed by atoms with Gasteiger partial charge in [0.05, 0.1) is 12.0 Å². The van der Waals surface area contributed by atoms with Gasteiger partial charge in [-0.3, -0.25) is 0 Å². The van der Waals surface area contributed by atoms with E-state index in [2.05, 4.69) is 13.0 Å². The molecule has 0 radical (unpaired) electrons. The molecule has 0 aliphatic heterocycles. The standard InChI is InChI=1S/C22H33NO/c1-2-3-5-8-19-11-13-20(14-12-19)15-16-21(17-23)18-24-22-9-6-4-7-10-22/h4,6-7,9-10,19-21H,2-3,5,8,11-16,18H2,1H3. The molecule has 1 fully saturated rings. The molecule has 132 valence electrons. The molecule has 0 N–H and O–H groups in total. The van der Waals surface area contributed by atoms with Gasteiger partial charge in [0.15, 0.2) is 0 Å². The van der Waals surface area contributed by atoms with E-state index in [4.69, 9.17) is 4.74 Å². The smallest absolute Gasteiger partial charge is 0.119 e. The first-order chi connectivity index (χ1) is 11.8. The number of hydrogen-bond acceptors (Lipinski definition) is 2. The third-order valence-electron chi connectivity index (χ3n) is 5.48. The predicted molar refractivity (Wildman–Crippen MR) is 99.9 cm³/mol. The van der Waals surface area contributed by atoms with Crippen molar-refractivity contribution >= 4 is 0 Å². The van der Waals surface area contributed by atoms with Crippen molar-refractivity contribution in [3.05, 3.63) is 30.3 Å². The van der Waals surface area contributed by atoms with Crippen molar-refractivity contribution in [1.82, 2.24) is 0 Å². The Kier molecular flexibility index (Phi) is 8.74. The highest BCUT2D eigenvalue weighted by Gasteiger charge is 2.22.